The highest BCUT2D eigenvalue weighted by Crippen LogP contribution is 2.22. The Hall–Kier alpha value is -0.610. The van der Waals surface area contributed by atoms with Crippen LogP contribution in [0.15, 0.2) is 0 Å². The molecule has 20 heavy (non-hydrogen) atoms. The van der Waals surface area contributed by atoms with Crippen molar-refractivity contribution in [1.29, 1.82) is 0 Å². The highest BCUT2D eigenvalue weighted by atomic mass is 16.2. The first kappa shape index (κ1) is 17.4. The van der Waals surface area contributed by atoms with Gasteiger partial charge in [-0.3, -0.25) is 4.79 Å². The molecule has 1 amide bonds. The van der Waals surface area contributed by atoms with Crippen molar-refractivity contribution >= 4 is 5.91 Å². The summed E-state index contributed by atoms with van der Waals surface area (Å²) in [7, 11) is 5.87. The molecule has 1 fully saturated rings. The maximum atomic E-state index is 11.5. The molecule has 0 aromatic heterocycles. The standard InChI is InChI=1S/C16H33N3O/c1-5-12-17-14-8-10-15(11-9-14)19(4)13-6-7-16(20)18(2)3/h14-15,17H,5-13H2,1-4H3. The number of hydrogen-bond donors (Lipinski definition) is 1. The predicted octanol–water partition coefficient (Wildman–Crippen LogP) is 2.10. The number of nitrogens with one attached hydrogen (secondary N) is 1. The van der Waals surface area contributed by atoms with Crippen LogP contribution in [0.1, 0.15) is 51.9 Å². The van der Waals surface area contributed by atoms with Gasteiger partial charge in [-0.1, -0.05) is 6.92 Å². The molecule has 1 aliphatic carbocycles. The lowest BCUT2D eigenvalue weighted by Crippen LogP contribution is -2.41. The van der Waals surface area contributed by atoms with Crippen molar-refractivity contribution in [2.45, 2.75) is 64.0 Å². The molecule has 0 aromatic rings. The zero-order valence-electron chi connectivity index (χ0n) is 13.8. The first-order valence-electron chi connectivity index (χ1n) is 8.18. The lowest BCUT2D eigenvalue weighted by Gasteiger charge is -2.35. The second-order valence-corrected chi connectivity index (χ2v) is 6.33. The van der Waals surface area contributed by atoms with Crippen LogP contribution in [0.25, 0.3) is 0 Å². The van der Waals surface area contributed by atoms with Gasteiger partial charge in [-0.2, -0.15) is 0 Å². The molecule has 118 valence electrons. The van der Waals surface area contributed by atoms with Crippen LogP contribution in [0.4, 0.5) is 0 Å². The van der Waals surface area contributed by atoms with Gasteiger partial charge in [-0.25, -0.2) is 0 Å². The Morgan fingerprint density at radius 1 is 1.15 bits per heavy atom. The molecule has 0 bridgehead atoms. The van der Waals surface area contributed by atoms with Gasteiger partial charge in [0.05, 0.1) is 0 Å². The molecule has 0 saturated heterocycles. The van der Waals surface area contributed by atoms with Crippen LogP contribution in [-0.2, 0) is 4.79 Å². The first-order chi connectivity index (χ1) is 9.54. The van der Waals surface area contributed by atoms with E-state index >= 15 is 0 Å². The summed E-state index contributed by atoms with van der Waals surface area (Å²) in [4.78, 5) is 15.7. The van der Waals surface area contributed by atoms with Gasteiger partial charge >= 0.3 is 0 Å². The van der Waals surface area contributed by atoms with Crippen LogP contribution in [0.2, 0.25) is 0 Å². The van der Waals surface area contributed by atoms with E-state index in [4.69, 9.17) is 0 Å². The van der Waals surface area contributed by atoms with Crippen LogP contribution >= 0.6 is 0 Å². The summed E-state index contributed by atoms with van der Waals surface area (Å²) < 4.78 is 0. The van der Waals surface area contributed by atoms with Crippen LogP contribution in [0, 0.1) is 0 Å². The number of hydrogen-bond acceptors (Lipinski definition) is 3. The summed E-state index contributed by atoms with van der Waals surface area (Å²) in [6.45, 7) is 4.41. The van der Waals surface area contributed by atoms with Crippen molar-refractivity contribution in [3.63, 3.8) is 0 Å². The summed E-state index contributed by atoms with van der Waals surface area (Å²) in [5.74, 6) is 0.242. The van der Waals surface area contributed by atoms with Gasteiger partial charge in [0.1, 0.15) is 0 Å². The first-order valence-corrected chi connectivity index (χ1v) is 8.18. The van der Waals surface area contributed by atoms with E-state index in [-0.39, 0.29) is 5.91 Å². The highest BCUT2D eigenvalue weighted by molar-refractivity contribution is 5.75. The minimum absolute atomic E-state index is 0.242. The Kier molecular flexibility index (Phi) is 8.15. The number of nitrogens with zero attached hydrogens (tertiary/aromatic N) is 2. The fraction of sp³-hybridized carbons (Fsp3) is 0.938. The van der Waals surface area contributed by atoms with Crippen molar-refractivity contribution in [2.75, 3.05) is 34.2 Å². The van der Waals surface area contributed by atoms with E-state index in [1.54, 1.807) is 4.90 Å². The van der Waals surface area contributed by atoms with E-state index in [0.29, 0.717) is 12.5 Å². The summed E-state index contributed by atoms with van der Waals surface area (Å²) >= 11 is 0. The second kappa shape index (κ2) is 9.35. The van der Waals surface area contributed by atoms with E-state index < -0.39 is 0 Å². The Bertz CT molecular complexity index is 273. The third kappa shape index (κ3) is 6.23. The molecule has 0 radical (unpaired) electrons. The van der Waals surface area contributed by atoms with Gasteiger partial charge in [0.2, 0.25) is 5.91 Å². The molecule has 0 spiro atoms. The maximum absolute atomic E-state index is 11.5. The SMILES string of the molecule is CCCNC1CCC(N(C)CCCC(=O)N(C)C)CC1. The summed E-state index contributed by atoms with van der Waals surface area (Å²) in [5.41, 5.74) is 0. The quantitative estimate of drug-likeness (QED) is 0.741. The molecule has 4 nitrogen and oxygen atoms in total. The molecular formula is C16H33N3O. The number of carbonyl (C=O) groups is 1. The van der Waals surface area contributed by atoms with E-state index in [1.165, 1.54) is 32.1 Å². The molecule has 0 heterocycles. The third-order valence-electron chi connectivity index (χ3n) is 4.40. The maximum Gasteiger partial charge on any atom is 0.222 e. The zero-order chi connectivity index (χ0) is 15.0. The van der Waals surface area contributed by atoms with Gasteiger partial charge in [-0.15, -0.1) is 0 Å². The topological polar surface area (TPSA) is 35.6 Å². The van der Waals surface area contributed by atoms with Crippen molar-refractivity contribution in [2.24, 2.45) is 0 Å². The molecule has 4 heteroatoms. The van der Waals surface area contributed by atoms with E-state index in [0.717, 1.165) is 25.6 Å². The minimum atomic E-state index is 0.242. The molecule has 0 atom stereocenters. The average Bonchev–Trinajstić information content (AvgIpc) is 2.45. The van der Waals surface area contributed by atoms with E-state index in [9.17, 15) is 4.79 Å². The van der Waals surface area contributed by atoms with Crippen molar-refractivity contribution in [1.82, 2.24) is 15.1 Å². The van der Waals surface area contributed by atoms with Crippen molar-refractivity contribution in [3.05, 3.63) is 0 Å². The van der Waals surface area contributed by atoms with Crippen LogP contribution in [0.5, 0.6) is 0 Å². The summed E-state index contributed by atoms with van der Waals surface area (Å²) in [6.07, 6.45) is 8.04. The minimum Gasteiger partial charge on any atom is -0.349 e. The molecule has 1 N–H and O–H groups in total. The van der Waals surface area contributed by atoms with Crippen LogP contribution in [0.3, 0.4) is 0 Å². The Morgan fingerprint density at radius 2 is 1.80 bits per heavy atom. The fourth-order valence-electron chi connectivity index (χ4n) is 2.96. The van der Waals surface area contributed by atoms with Crippen LogP contribution in [-0.4, -0.2) is 62.0 Å². The lowest BCUT2D eigenvalue weighted by molar-refractivity contribution is -0.128. The molecule has 0 aromatic carbocycles. The largest absolute Gasteiger partial charge is 0.349 e. The van der Waals surface area contributed by atoms with Gasteiger partial charge in [-0.05, 0) is 58.7 Å². The smallest absolute Gasteiger partial charge is 0.222 e. The molecule has 1 aliphatic rings. The Morgan fingerprint density at radius 3 is 2.35 bits per heavy atom. The number of amides is 1. The summed E-state index contributed by atoms with van der Waals surface area (Å²) in [6, 6.07) is 1.44. The zero-order valence-corrected chi connectivity index (χ0v) is 13.8. The fourth-order valence-corrected chi connectivity index (χ4v) is 2.96. The normalized spacial score (nSPS) is 23.1. The lowest BCUT2D eigenvalue weighted by atomic mass is 9.90. The molecule has 1 rings (SSSR count). The monoisotopic (exact) mass is 283 g/mol. The second-order valence-electron chi connectivity index (χ2n) is 6.33. The van der Waals surface area contributed by atoms with Crippen LogP contribution < -0.4 is 5.32 Å². The Balaban J connectivity index is 2.15. The molecule has 0 unspecified atom stereocenters. The van der Waals surface area contributed by atoms with Gasteiger partial charge in [0, 0.05) is 32.6 Å². The summed E-state index contributed by atoms with van der Waals surface area (Å²) in [5, 5.41) is 3.63. The van der Waals surface area contributed by atoms with Gasteiger partial charge in [0.15, 0.2) is 0 Å². The third-order valence-corrected chi connectivity index (χ3v) is 4.40. The molecular weight excluding hydrogens is 250 g/mol. The predicted molar refractivity (Wildman–Crippen MR) is 84.9 cm³/mol. The van der Waals surface area contributed by atoms with Crippen molar-refractivity contribution in [3.8, 4) is 0 Å². The average molecular weight is 283 g/mol. The van der Waals surface area contributed by atoms with Crippen molar-refractivity contribution < 1.29 is 4.79 Å². The highest BCUT2D eigenvalue weighted by Gasteiger charge is 2.23. The number of carbonyl (C=O) groups excluding carboxylic acids is 1. The van der Waals surface area contributed by atoms with Gasteiger partial charge < -0.3 is 15.1 Å². The molecule has 1 saturated carbocycles. The Labute approximate surface area is 124 Å². The van der Waals surface area contributed by atoms with Gasteiger partial charge in [0.25, 0.3) is 0 Å². The number of rotatable bonds is 8. The molecule has 0 aliphatic heterocycles. The van der Waals surface area contributed by atoms with E-state index in [1.807, 2.05) is 14.1 Å². The van der Waals surface area contributed by atoms with E-state index in [2.05, 4.69) is 24.2 Å².